The van der Waals surface area contributed by atoms with Crippen molar-refractivity contribution < 1.29 is 9.84 Å². The van der Waals surface area contributed by atoms with Crippen molar-refractivity contribution in [2.75, 3.05) is 25.1 Å². The summed E-state index contributed by atoms with van der Waals surface area (Å²) < 4.78 is 5.32. The van der Waals surface area contributed by atoms with Gasteiger partial charge < -0.3 is 15.2 Å². The molecule has 1 aliphatic heterocycles. The van der Waals surface area contributed by atoms with Gasteiger partial charge in [0.2, 0.25) is 0 Å². The van der Waals surface area contributed by atoms with E-state index < -0.39 is 0 Å². The van der Waals surface area contributed by atoms with Gasteiger partial charge in [-0.2, -0.15) is 0 Å². The molecule has 1 fully saturated rings. The highest BCUT2D eigenvalue weighted by molar-refractivity contribution is 6.29. The summed E-state index contributed by atoms with van der Waals surface area (Å²) in [4.78, 5) is 8.50. The van der Waals surface area contributed by atoms with E-state index in [1.165, 1.54) is 0 Å². The van der Waals surface area contributed by atoms with Gasteiger partial charge in [-0.05, 0) is 12.8 Å². The average molecular weight is 272 g/mol. The molecule has 0 atom stereocenters. The monoisotopic (exact) mass is 271 g/mol. The lowest BCUT2D eigenvalue weighted by Gasteiger charge is -2.36. The minimum Gasteiger partial charge on any atom is -0.394 e. The predicted octanol–water partition coefficient (Wildman–Crippen LogP) is 1.65. The zero-order valence-electron chi connectivity index (χ0n) is 10.4. The molecule has 1 aromatic rings. The smallest absolute Gasteiger partial charge is 0.134 e. The van der Waals surface area contributed by atoms with Gasteiger partial charge in [0.1, 0.15) is 16.8 Å². The van der Waals surface area contributed by atoms with Crippen molar-refractivity contribution in [3.8, 4) is 0 Å². The van der Waals surface area contributed by atoms with Gasteiger partial charge in [0.25, 0.3) is 0 Å². The van der Waals surface area contributed by atoms with E-state index in [4.69, 9.17) is 16.3 Å². The van der Waals surface area contributed by atoms with E-state index in [1.54, 1.807) is 6.07 Å². The maximum atomic E-state index is 9.60. The van der Waals surface area contributed by atoms with E-state index in [1.807, 2.05) is 6.92 Å². The van der Waals surface area contributed by atoms with Crippen molar-refractivity contribution in [1.82, 2.24) is 9.97 Å². The van der Waals surface area contributed by atoms with Crippen LogP contribution in [0.1, 0.15) is 25.6 Å². The van der Waals surface area contributed by atoms with Gasteiger partial charge in [0.05, 0.1) is 12.1 Å². The minimum absolute atomic E-state index is 0.0550. The molecule has 1 saturated heterocycles. The number of aromatic nitrogens is 2. The molecule has 6 heteroatoms. The fourth-order valence-electron chi connectivity index (χ4n) is 2.04. The van der Waals surface area contributed by atoms with Crippen molar-refractivity contribution >= 4 is 17.4 Å². The molecule has 1 aromatic heterocycles. The number of aliphatic hydroxyl groups is 1. The Kier molecular flexibility index (Phi) is 4.37. The SMILES string of the molecule is CCc1nc(Cl)cc(NC2(CO)CCOCC2)n1. The second kappa shape index (κ2) is 5.82. The minimum atomic E-state index is -0.360. The first-order valence-electron chi connectivity index (χ1n) is 6.18. The highest BCUT2D eigenvalue weighted by Crippen LogP contribution is 2.25. The lowest BCUT2D eigenvalue weighted by atomic mass is 9.91. The number of nitrogens with one attached hydrogen (secondary N) is 1. The van der Waals surface area contributed by atoms with Crippen molar-refractivity contribution in [1.29, 1.82) is 0 Å². The Hall–Kier alpha value is -0.910. The number of halogens is 1. The molecule has 0 unspecified atom stereocenters. The zero-order valence-corrected chi connectivity index (χ0v) is 11.2. The van der Waals surface area contributed by atoms with Gasteiger partial charge in [-0.15, -0.1) is 0 Å². The highest BCUT2D eigenvalue weighted by Gasteiger charge is 2.32. The summed E-state index contributed by atoms with van der Waals surface area (Å²) >= 11 is 5.96. The van der Waals surface area contributed by atoms with Crippen molar-refractivity contribution in [3.63, 3.8) is 0 Å². The molecule has 0 bridgehead atoms. The molecule has 1 aliphatic rings. The largest absolute Gasteiger partial charge is 0.394 e. The number of anilines is 1. The fourth-order valence-corrected chi connectivity index (χ4v) is 2.24. The third-order valence-corrected chi connectivity index (χ3v) is 3.40. The molecule has 0 radical (unpaired) electrons. The normalized spacial score (nSPS) is 18.6. The third kappa shape index (κ3) is 3.10. The molecule has 0 spiro atoms. The molecule has 0 amide bonds. The Morgan fingerprint density at radius 2 is 2.17 bits per heavy atom. The Bertz CT molecular complexity index is 408. The highest BCUT2D eigenvalue weighted by atomic mass is 35.5. The number of aliphatic hydroxyl groups excluding tert-OH is 1. The molecule has 0 aliphatic carbocycles. The van der Waals surface area contributed by atoms with Crippen LogP contribution in [0.2, 0.25) is 5.15 Å². The van der Waals surface area contributed by atoms with Crippen LogP contribution in [0.3, 0.4) is 0 Å². The number of ether oxygens (including phenoxy) is 1. The second-order valence-electron chi connectivity index (χ2n) is 4.52. The summed E-state index contributed by atoms with van der Waals surface area (Å²) in [7, 11) is 0. The van der Waals surface area contributed by atoms with Crippen LogP contribution in [0.5, 0.6) is 0 Å². The van der Waals surface area contributed by atoms with Crippen LogP contribution in [-0.2, 0) is 11.2 Å². The molecule has 0 saturated carbocycles. The van der Waals surface area contributed by atoms with E-state index in [-0.39, 0.29) is 12.1 Å². The van der Waals surface area contributed by atoms with Crippen LogP contribution in [-0.4, -0.2) is 40.4 Å². The van der Waals surface area contributed by atoms with Crippen molar-refractivity contribution in [3.05, 3.63) is 17.0 Å². The van der Waals surface area contributed by atoms with Crippen molar-refractivity contribution in [2.45, 2.75) is 31.7 Å². The van der Waals surface area contributed by atoms with Gasteiger partial charge >= 0.3 is 0 Å². The molecular weight excluding hydrogens is 254 g/mol. The molecule has 5 nitrogen and oxygen atoms in total. The summed E-state index contributed by atoms with van der Waals surface area (Å²) in [6.45, 7) is 3.32. The summed E-state index contributed by atoms with van der Waals surface area (Å²) in [5.74, 6) is 1.37. The van der Waals surface area contributed by atoms with E-state index in [0.717, 1.165) is 19.3 Å². The predicted molar refractivity (Wildman–Crippen MR) is 69.9 cm³/mol. The molecule has 2 heterocycles. The number of hydrogen-bond donors (Lipinski definition) is 2. The summed E-state index contributed by atoms with van der Waals surface area (Å²) in [5.41, 5.74) is -0.360. The Balaban J connectivity index is 2.18. The maximum Gasteiger partial charge on any atom is 0.134 e. The van der Waals surface area contributed by atoms with Crippen molar-refractivity contribution in [2.24, 2.45) is 0 Å². The number of hydrogen-bond acceptors (Lipinski definition) is 5. The molecule has 18 heavy (non-hydrogen) atoms. The van der Waals surface area contributed by atoms with Crippen LogP contribution in [0.15, 0.2) is 6.07 Å². The Morgan fingerprint density at radius 3 is 2.78 bits per heavy atom. The summed E-state index contributed by atoms with van der Waals surface area (Å²) in [5, 5.41) is 13.3. The quantitative estimate of drug-likeness (QED) is 0.815. The molecule has 2 rings (SSSR count). The van der Waals surface area contributed by atoms with E-state index in [0.29, 0.717) is 30.0 Å². The first-order valence-corrected chi connectivity index (χ1v) is 6.55. The standard InChI is InChI=1S/C12H18ClN3O2/c1-2-10-14-9(13)7-11(15-10)16-12(8-17)3-5-18-6-4-12/h7,17H,2-6,8H2,1H3,(H,14,15,16). The van der Waals surface area contributed by atoms with Crippen LogP contribution >= 0.6 is 11.6 Å². The number of aryl methyl sites for hydroxylation is 1. The first-order chi connectivity index (χ1) is 8.67. The molecule has 2 N–H and O–H groups in total. The zero-order chi connectivity index (χ0) is 13.0. The fraction of sp³-hybridized carbons (Fsp3) is 0.667. The van der Waals surface area contributed by atoms with Crippen LogP contribution in [0, 0.1) is 0 Å². The first kappa shape index (κ1) is 13.5. The second-order valence-corrected chi connectivity index (χ2v) is 4.91. The maximum absolute atomic E-state index is 9.60. The lowest BCUT2D eigenvalue weighted by Crippen LogP contribution is -2.47. The van der Waals surface area contributed by atoms with E-state index in [9.17, 15) is 5.11 Å². The van der Waals surface area contributed by atoms with Crippen LogP contribution in [0.4, 0.5) is 5.82 Å². The Labute approximate surface area is 112 Å². The third-order valence-electron chi connectivity index (χ3n) is 3.20. The topological polar surface area (TPSA) is 67.3 Å². The summed E-state index contributed by atoms with van der Waals surface area (Å²) in [6, 6.07) is 1.69. The molecule has 0 aromatic carbocycles. The molecule has 100 valence electrons. The Morgan fingerprint density at radius 1 is 1.44 bits per heavy atom. The van der Waals surface area contributed by atoms with Gasteiger partial charge in [0, 0.05) is 25.7 Å². The van der Waals surface area contributed by atoms with Crippen LogP contribution in [0.25, 0.3) is 0 Å². The van der Waals surface area contributed by atoms with E-state index in [2.05, 4.69) is 15.3 Å². The van der Waals surface area contributed by atoms with E-state index >= 15 is 0 Å². The molecular formula is C12H18ClN3O2. The van der Waals surface area contributed by atoms with Gasteiger partial charge in [-0.1, -0.05) is 18.5 Å². The van der Waals surface area contributed by atoms with Gasteiger partial charge in [-0.3, -0.25) is 0 Å². The lowest BCUT2D eigenvalue weighted by molar-refractivity contribution is 0.0378. The summed E-state index contributed by atoms with van der Waals surface area (Å²) in [6.07, 6.45) is 2.24. The number of nitrogens with zero attached hydrogens (tertiary/aromatic N) is 2. The number of rotatable bonds is 4. The van der Waals surface area contributed by atoms with Gasteiger partial charge in [-0.25, -0.2) is 9.97 Å². The van der Waals surface area contributed by atoms with Gasteiger partial charge in [0.15, 0.2) is 0 Å². The van der Waals surface area contributed by atoms with Crippen LogP contribution < -0.4 is 5.32 Å². The average Bonchev–Trinajstić information content (AvgIpc) is 2.39.